The van der Waals surface area contributed by atoms with Crippen molar-refractivity contribution >= 4 is 0 Å². The number of unbranched alkanes of at least 4 members (excludes halogenated alkanes) is 12. The molecule has 44 heteroatoms. The van der Waals surface area contributed by atoms with E-state index in [0.29, 0.717) is 36.8 Å². The summed E-state index contributed by atoms with van der Waals surface area (Å²) in [5.74, 6) is 0. The van der Waals surface area contributed by atoms with Crippen molar-refractivity contribution in [3.05, 3.63) is 35.4 Å². The van der Waals surface area contributed by atoms with Gasteiger partial charge in [0.1, 0.15) is 195 Å². The summed E-state index contributed by atoms with van der Waals surface area (Å²) < 4.78 is 96.0. The average Bonchev–Trinajstić information content (AvgIpc) is 0.789. The summed E-state index contributed by atoms with van der Waals surface area (Å²) >= 11 is 0. The van der Waals surface area contributed by atoms with E-state index in [9.17, 15) is 143 Å². The Morgan fingerprint density at radius 3 is 0.613 bits per heavy atom. The van der Waals surface area contributed by atoms with E-state index < -0.39 is 336 Å². The molecule has 1 aromatic rings. The fourth-order valence-corrected chi connectivity index (χ4v) is 17.1. The Hall–Kier alpha value is -2.54. The summed E-state index contributed by atoms with van der Waals surface area (Å²) in [6, 6.07) is 6.90. The van der Waals surface area contributed by atoms with Crippen LogP contribution in [-0.4, -0.2) is 468 Å². The highest BCUT2D eigenvalue weighted by atomic mass is 16.8. The molecule has 722 valence electrons. The Bertz CT molecular complexity index is 2760. The molecule has 0 aromatic heterocycles. The van der Waals surface area contributed by atoms with E-state index in [1.807, 2.05) is 0 Å². The molecular weight excluding hydrogens is 1660 g/mol. The molecular formula is C80H138O44. The van der Waals surface area contributed by atoms with Crippen molar-refractivity contribution in [2.24, 2.45) is 10.8 Å². The van der Waals surface area contributed by atoms with Gasteiger partial charge in [0.2, 0.25) is 0 Å². The summed E-state index contributed by atoms with van der Waals surface area (Å²) in [6.07, 6.45) is -62.2. The summed E-state index contributed by atoms with van der Waals surface area (Å²) in [5.41, 5.74) is -1.76. The monoisotopic (exact) mass is 1800 g/mol. The second kappa shape index (κ2) is 50.0. The van der Waals surface area contributed by atoms with Gasteiger partial charge in [0.15, 0.2) is 50.3 Å². The van der Waals surface area contributed by atoms with Crippen LogP contribution in [0.4, 0.5) is 0 Å². The number of aliphatic hydroxyl groups is 28. The zero-order valence-electron chi connectivity index (χ0n) is 69.7. The van der Waals surface area contributed by atoms with Crippen molar-refractivity contribution in [2.45, 2.75) is 375 Å². The van der Waals surface area contributed by atoms with Crippen molar-refractivity contribution in [3.63, 3.8) is 0 Å². The Labute approximate surface area is 716 Å². The third-order valence-corrected chi connectivity index (χ3v) is 24.9. The summed E-state index contributed by atoms with van der Waals surface area (Å²) in [7, 11) is 0. The fourth-order valence-electron chi connectivity index (χ4n) is 17.1. The van der Waals surface area contributed by atoms with Crippen LogP contribution in [0.1, 0.15) is 128 Å². The largest absolute Gasteiger partial charge is 0.394 e. The third kappa shape index (κ3) is 26.1. The highest BCUT2D eigenvalue weighted by molar-refractivity contribution is 5.25. The van der Waals surface area contributed by atoms with Crippen LogP contribution in [-0.2, 0) is 88.6 Å². The zero-order valence-corrected chi connectivity index (χ0v) is 69.7. The third-order valence-electron chi connectivity index (χ3n) is 24.9. The molecule has 8 aliphatic heterocycles. The predicted molar refractivity (Wildman–Crippen MR) is 413 cm³/mol. The Kier molecular flexibility index (Phi) is 42.4. The van der Waals surface area contributed by atoms with Gasteiger partial charge in [0, 0.05) is 10.8 Å². The van der Waals surface area contributed by atoms with E-state index in [-0.39, 0.29) is 25.7 Å². The molecule has 0 saturated carbocycles. The maximum Gasteiger partial charge on any atom is 0.187 e. The molecule has 8 fully saturated rings. The molecule has 41 atom stereocenters. The summed E-state index contributed by atoms with van der Waals surface area (Å²) in [4.78, 5) is 0. The first-order valence-corrected chi connectivity index (χ1v) is 43.2. The van der Waals surface area contributed by atoms with Crippen LogP contribution in [0.2, 0.25) is 0 Å². The van der Waals surface area contributed by atoms with E-state index in [2.05, 4.69) is 13.8 Å². The molecule has 8 aliphatic rings. The Balaban J connectivity index is 1.06. The molecule has 0 spiro atoms. The van der Waals surface area contributed by atoms with Crippen molar-refractivity contribution in [1.29, 1.82) is 0 Å². The van der Waals surface area contributed by atoms with Crippen molar-refractivity contribution in [2.75, 3.05) is 79.3 Å². The maximum absolute atomic E-state index is 12.0. The van der Waals surface area contributed by atoms with Crippen LogP contribution < -0.4 is 0 Å². The average molecular weight is 1800 g/mol. The topological polar surface area (TPSA) is 714 Å². The van der Waals surface area contributed by atoms with Crippen LogP contribution in [0.3, 0.4) is 0 Å². The molecule has 9 rings (SSSR count). The highest BCUT2D eigenvalue weighted by Crippen LogP contribution is 2.42. The maximum atomic E-state index is 12.0. The van der Waals surface area contributed by atoms with Gasteiger partial charge >= 0.3 is 0 Å². The first-order chi connectivity index (χ1) is 59.3. The molecule has 0 bridgehead atoms. The van der Waals surface area contributed by atoms with Gasteiger partial charge in [-0.3, -0.25) is 0 Å². The van der Waals surface area contributed by atoms with Gasteiger partial charge in [-0.15, -0.1) is 0 Å². The van der Waals surface area contributed by atoms with Crippen molar-refractivity contribution < 1.29 is 219 Å². The summed E-state index contributed by atoms with van der Waals surface area (Å²) in [5, 5.41) is 306. The SMILES string of the molecule is CCCCCCCCCC(CO[C@@H]1OC(CO)[C@@H](O[C@H]2OC(CO)[C@@H](O)[C@H](O)C2O)[C@H](O)C1O)(CO[C@@H]1OC(CO)[C@@H](O[C@@H]2OC(CO)[C@@H](O)[C@H](O)C2O)[C@H](O)C1O)Cc1ccc(CC(CCCCCCCCC)(CO[C@@H]2OC(CO)[C@@H](O[C@@H]3OC(CO)[C@@H](O)[C@H](O)C3O)[C@H](O)C2O)CO[C@@H]2OC(CO)[C@@H](O[C@@H]3OC(CO)[C@@H](O)[C@H](O)C3O)[C@H](O)C2O)cc1. The minimum absolute atomic E-state index is 0.0630. The lowest BCUT2D eigenvalue weighted by Crippen LogP contribution is -2.65. The van der Waals surface area contributed by atoms with Crippen LogP contribution in [0, 0.1) is 10.8 Å². The summed E-state index contributed by atoms with van der Waals surface area (Å²) in [6.45, 7) is -5.04. The van der Waals surface area contributed by atoms with E-state index in [1.54, 1.807) is 24.3 Å². The van der Waals surface area contributed by atoms with Crippen molar-refractivity contribution in [1.82, 2.24) is 0 Å². The van der Waals surface area contributed by atoms with Gasteiger partial charge in [0.25, 0.3) is 0 Å². The number of ether oxygens (including phenoxy) is 16. The highest BCUT2D eigenvalue weighted by Gasteiger charge is 2.58. The molecule has 0 radical (unpaired) electrons. The predicted octanol–water partition coefficient (Wildman–Crippen LogP) is -10.4. The number of benzene rings is 1. The Morgan fingerprint density at radius 1 is 0.226 bits per heavy atom. The number of hydrogen-bond donors (Lipinski definition) is 28. The molecule has 8 heterocycles. The van der Waals surface area contributed by atoms with Crippen LogP contribution in [0.15, 0.2) is 24.3 Å². The van der Waals surface area contributed by atoms with Crippen LogP contribution in [0.25, 0.3) is 0 Å². The van der Waals surface area contributed by atoms with E-state index >= 15 is 0 Å². The molecule has 124 heavy (non-hydrogen) atoms. The molecule has 0 aliphatic carbocycles. The van der Waals surface area contributed by atoms with E-state index in [1.165, 1.54) is 0 Å². The van der Waals surface area contributed by atoms with Gasteiger partial charge in [-0.2, -0.15) is 0 Å². The smallest absolute Gasteiger partial charge is 0.187 e. The minimum atomic E-state index is -2.05. The molecule has 17 unspecified atom stereocenters. The molecule has 0 amide bonds. The van der Waals surface area contributed by atoms with E-state index in [4.69, 9.17) is 75.8 Å². The first-order valence-electron chi connectivity index (χ1n) is 43.2. The quantitative estimate of drug-likeness (QED) is 0.0269. The second-order valence-electron chi connectivity index (χ2n) is 34.2. The molecule has 8 saturated heterocycles. The normalized spacial score (nSPS) is 42.9. The minimum Gasteiger partial charge on any atom is -0.394 e. The van der Waals surface area contributed by atoms with Gasteiger partial charge in [-0.25, -0.2) is 0 Å². The van der Waals surface area contributed by atoms with Crippen LogP contribution >= 0.6 is 0 Å². The van der Waals surface area contributed by atoms with E-state index in [0.717, 1.165) is 64.2 Å². The van der Waals surface area contributed by atoms with Gasteiger partial charge < -0.3 is 219 Å². The lowest BCUT2D eigenvalue weighted by atomic mass is 9.76. The molecule has 28 N–H and O–H groups in total. The van der Waals surface area contributed by atoms with Gasteiger partial charge in [0.05, 0.1) is 79.3 Å². The lowest BCUT2D eigenvalue weighted by molar-refractivity contribution is -0.365. The zero-order chi connectivity index (χ0) is 90.6. The van der Waals surface area contributed by atoms with Gasteiger partial charge in [-0.05, 0) is 36.8 Å². The van der Waals surface area contributed by atoms with Crippen LogP contribution in [0.5, 0.6) is 0 Å². The second-order valence-corrected chi connectivity index (χ2v) is 34.2. The van der Waals surface area contributed by atoms with Crippen molar-refractivity contribution in [3.8, 4) is 0 Å². The Morgan fingerprint density at radius 2 is 0.411 bits per heavy atom. The number of rotatable bonds is 48. The number of hydrogen-bond acceptors (Lipinski definition) is 44. The fraction of sp³-hybridized carbons (Fsp3) is 0.925. The molecule has 44 nitrogen and oxygen atoms in total. The first kappa shape index (κ1) is 105. The molecule has 1 aromatic carbocycles. The number of aliphatic hydroxyl groups excluding tert-OH is 28. The lowest BCUT2D eigenvalue weighted by Gasteiger charge is -2.47. The van der Waals surface area contributed by atoms with Gasteiger partial charge in [-0.1, -0.05) is 128 Å². The standard InChI is InChI=1S/C80H138O44/c1-3-5-7-9-11-13-15-21-79(33-109-71-63(105)55(97)67(43(29-85)117-71)121-75-59(101)51(93)47(89)39(25-81)113-75,34-110-72-64(106)56(98)68(44(30-86)118-72)122-76-60(102)52(94)48(90)40(26-82)114-76)23-37-17-19-38(20-18-37)24-80(22-16-14-12-10-8-6-4-2,35-111-73-65(107)57(99)69(45(31-87)119-73)123-77-61(103)53(95)49(91)41(27-83)115-77)36-112-74-66(108)58(100)70(46(32-88)120-74)124-78-62(104)54(96)50(92)42(28-84)116-78/h17-20,39-78,81-108H,3-16,21-36H2,1-2H3/t39?,40?,41?,42?,43?,44?,45?,46?,47-,48-,49-,50-,51+,52+,53+,54+,55-,56-,57-,58-,59?,60?,61?,62?,63?,64?,65?,66?,67-,68-,69-,70-,71-,72-,73-,74-,75-,76+,77+,78+,79?,80?/m1/s1.